The molecule has 0 unspecified atom stereocenters. The van der Waals surface area contributed by atoms with Crippen LogP contribution in [0.2, 0.25) is 0 Å². The molecular formula is C24H28FN3OS. The van der Waals surface area contributed by atoms with Gasteiger partial charge in [0, 0.05) is 30.0 Å². The lowest BCUT2D eigenvalue weighted by Gasteiger charge is -2.25. The van der Waals surface area contributed by atoms with E-state index in [0.717, 1.165) is 17.7 Å². The average molecular weight is 426 g/mol. The summed E-state index contributed by atoms with van der Waals surface area (Å²) in [5.74, 6) is 1.81. The number of carbonyl (C=O) groups is 1. The first-order valence-electron chi connectivity index (χ1n) is 10.2. The van der Waals surface area contributed by atoms with Crippen LogP contribution in [0.25, 0.3) is 22.3 Å². The van der Waals surface area contributed by atoms with Crippen LogP contribution in [0.4, 0.5) is 10.2 Å². The highest BCUT2D eigenvalue weighted by Gasteiger charge is 2.18. The van der Waals surface area contributed by atoms with Crippen LogP contribution in [0.1, 0.15) is 44.5 Å². The van der Waals surface area contributed by atoms with Crippen molar-refractivity contribution in [2.24, 2.45) is 5.92 Å². The van der Waals surface area contributed by atoms with Gasteiger partial charge >= 0.3 is 0 Å². The van der Waals surface area contributed by atoms with Gasteiger partial charge < -0.3 is 4.90 Å². The van der Waals surface area contributed by atoms with Crippen molar-refractivity contribution in [3.05, 3.63) is 53.8 Å². The smallest absolute Gasteiger partial charge is 0.219 e. The summed E-state index contributed by atoms with van der Waals surface area (Å²) in [6.07, 6.45) is 1.01. The van der Waals surface area contributed by atoms with Crippen LogP contribution >= 0.6 is 11.8 Å². The molecule has 0 aliphatic rings. The van der Waals surface area contributed by atoms with Crippen molar-refractivity contribution >= 4 is 33.7 Å². The zero-order valence-electron chi connectivity index (χ0n) is 18.1. The molecule has 158 valence electrons. The van der Waals surface area contributed by atoms with E-state index in [-0.39, 0.29) is 17.0 Å². The lowest BCUT2D eigenvalue weighted by atomic mass is 10.1. The minimum absolute atomic E-state index is 0.0562. The second-order valence-corrected chi connectivity index (χ2v) is 9.20. The molecule has 2 aromatic carbocycles. The van der Waals surface area contributed by atoms with Crippen molar-refractivity contribution in [2.45, 2.75) is 40.2 Å². The second-order valence-electron chi connectivity index (χ2n) is 8.13. The highest BCUT2D eigenvalue weighted by Crippen LogP contribution is 2.31. The van der Waals surface area contributed by atoms with E-state index in [4.69, 9.17) is 9.97 Å². The minimum Gasteiger partial charge on any atom is -0.355 e. The van der Waals surface area contributed by atoms with E-state index in [2.05, 4.69) is 27.7 Å². The number of benzene rings is 2. The summed E-state index contributed by atoms with van der Waals surface area (Å²) in [6, 6.07) is 11.9. The summed E-state index contributed by atoms with van der Waals surface area (Å²) >= 11 is 1.35. The van der Waals surface area contributed by atoms with Crippen LogP contribution in [0.15, 0.2) is 42.5 Å². The van der Waals surface area contributed by atoms with Crippen LogP contribution in [-0.4, -0.2) is 33.9 Å². The largest absolute Gasteiger partial charge is 0.355 e. The number of hydrogen-bond acceptors (Lipinski definition) is 5. The zero-order chi connectivity index (χ0) is 21.8. The maximum atomic E-state index is 13.4. The van der Waals surface area contributed by atoms with Gasteiger partial charge in [0.15, 0.2) is 5.82 Å². The molecule has 0 saturated carbocycles. The van der Waals surface area contributed by atoms with Crippen molar-refractivity contribution < 1.29 is 9.18 Å². The molecule has 0 amide bonds. The summed E-state index contributed by atoms with van der Waals surface area (Å²) in [7, 11) is 1.96. The Hall–Kier alpha value is -2.47. The molecular weight excluding hydrogens is 397 g/mol. The molecule has 0 aliphatic heterocycles. The summed E-state index contributed by atoms with van der Waals surface area (Å²) < 4.78 is 13.4. The first-order chi connectivity index (χ1) is 14.3. The third-order valence-corrected chi connectivity index (χ3v) is 5.97. The predicted octanol–water partition coefficient (Wildman–Crippen LogP) is 6.20. The third kappa shape index (κ3) is 5.17. The standard InChI is InChI=1S/C24H28FN3OS/c1-15(2)12-13-30-24(29)18-8-11-20-21(14-18)27-23(28(5)16(3)4)22(26-20)17-6-9-19(25)10-7-17/h6-11,14-16H,12-13H2,1-5H3. The number of anilines is 1. The fourth-order valence-electron chi connectivity index (χ4n) is 2.93. The predicted molar refractivity (Wildman–Crippen MR) is 125 cm³/mol. The second kappa shape index (κ2) is 9.56. The SMILES string of the molecule is CC(C)CCSC(=O)c1ccc2nc(-c3ccc(F)cc3)c(N(C)C(C)C)nc2c1. The summed E-state index contributed by atoms with van der Waals surface area (Å²) in [5.41, 5.74) is 3.53. The molecule has 0 N–H and O–H groups in total. The van der Waals surface area contributed by atoms with Crippen LogP contribution in [0.3, 0.4) is 0 Å². The van der Waals surface area contributed by atoms with Crippen LogP contribution in [0.5, 0.6) is 0 Å². The molecule has 4 nitrogen and oxygen atoms in total. The van der Waals surface area contributed by atoms with E-state index >= 15 is 0 Å². The summed E-state index contributed by atoms with van der Waals surface area (Å²) in [6.45, 7) is 8.46. The Morgan fingerprint density at radius 1 is 1.03 bits per heavy atom. The number of aromatic nitrogens is 2. The Morgan fingerprint density at radius 3 is 2.37 bits per heavy atom. The maximum Gasteiger partial charge on any atom is 0.219 e. The van der Waals surface area contributed by atoms with Gasteiger partial charge in [-0.1, -0.05) is 25.6 Å². The fourth-order valence-corrected chi connectivity index (χ4v) is 4.00. The Bertz CT molecular complexity index is 1030. The molecule has 0 aliphatic carbocycles. The number of nitrogens with zero attached hydrogens (tertiary/aromatic N) is 3. The maximum absolute atomic E-state index is 13.4. The summed E-state index contributed by atoms with van der Waals surface area (Å²) in [4.78, 5) is 24.3. The van der Waals surface area contributed by atoms with Crippen LogP contribution in [-0.2, 0) is 0 Å². The van der Waals surface area contributed by atoms with Gasteiger partial charge in [0.1, 0.15) is 11.5 Å². The molecule has 1 heterocycles. The number of halogens is 1. The lowest BCUT2D eigenvalue weighted by molar-refractivity contribution is 0.108. The third-order valence-electron chi connectivity index (χ3n) is 5.04. The van der Waals surface area contributed by atoms with Crippen LogP contribution in [0, 0.1) is 11.7 Å². The van der Waals surface area contributed by atoms with E-state index in [0.29, 0.717) is 34.0 Å². The fraction of sp³-hybridized carbons (Fsp3) is 0.375. The first-order valence-corrected chi connectivity index (χ1v) is 11.2. The molecule has 0 atom stereocenters. The van der Waals surface area contributed by atoms with Gasteiger partial charge in [-0.25, -0.2) is 14.4 Å². The zero-order valence-corrected chi connectivity index (χ0v) is 19.0. The van der Waals surface area contributed by atoms with Crippen LogP contribution < -0.4 is 4.90 Å². The average Bonchev–Trinajstić information content (AvgIpc) is 2.72. The molecule has 0 bridgehead atoms. The molecule has 0 spiro atoms. The minimum atomic E-state index is -0.288. The van der Waals surface area contributed by atoms with Gasteiger partial charge in [-0.2, -0.15) is 0 Å². The van der Waals surface area contributed by atoms with E-state index in [1.807, 2.05) is 30.1 Å². The number of thioether (sulfide) groups is 1. The van der Waals surface area contributed by atoms with Gasteiger partial charge in [0.2, 0.25) is 5.12 Å². The number of rotatable bonds is 7. The molecule has 6 heteroatoms. The Labute approximate surface area is 181 Å². The van der Waals surface area contributed by atoms with Crippen molar-refractivity contribution in [1.29, 1.82) is 0 Å². The highest BCUT2D eigenvalue weighted by molar-refractivity contribution is 8.14. The Morgan fingerprint density at radius 2 is 1.73 bits per heavy atom. The van der Waals surface area contributed by atoms with Crippen molar-refractivity contribution in [1.82, 2.24) is 9.97 Å². The summed E-state index contributed by atoms with van der Waals surface area (Å²) in [5, 5.41) is 0.0562. The van der Waals surface area contributed by atoms with Gasteiger partial charge in [0.05, 0.1) is 11.0 Å². The van der Waals surface area contributed by atoms with Gasteiger partial charge in [0.25, 0.3) is 0 Å². The van der Waals surface area contributed by atoms with Gasteiger partial charge in [-0.05, 0) is 68.7 Å². The number of carbonyl (C=O) groups excluding carboxylic acids is 1. The van der Waals surface area contributed by atoms with E-state index in [1.165, 1.54) is 23.9 Å². The van der Waals surface area contributed by atoms with E-state index in [1.54, 1.807) is 12.1 Å². The van der Waals surface area contributed by atoms with E-state index < -0.39 is 0 Å². The highest BCUT2D eigenvalue weighted by atomic mass is 32.2. The molecule has 3 aromatic rings. The number of fused-ring (bicyclic) bond motifs is 1. The number of hydrogen-bond donors (Lipinski definition) is 0. The molecule has 0 saturated heterocycles. The van der Waals surface area contributed by atoms with Gasteiger partial charge in [-0.15, -0.1) is 0 Å². The monoisotopic (exact) mass is 425 g/mol. The molecule has 0 radical (unpaired) electrons. The normalized spacial score (nSPS) is 11.5. The quantitative estimate of drug-likeness (QED) is 0.451. The molecule has 0 fully saturated rings. The van der Waals surface area contributed by atoms with Crippen molar-refractivity contribution in [3.8, 4) is 11.3 Å². The van der Waals surface area contributed by atoms with Crippen molar-refractivity contribution in [2.75, 3.05) is 17.7 Å². The molecule has 30 heavy (non-hydrogen) atoms. The Kier molecular flexibility index (Phi) is 7.08. The Balaban J connectivity index is 2.02. The van der Waals surface area contributed by atoms with Gasteiger partial charge in [-0.3, -0.25) is 4.79 Å². The molecule has 3 rings (SSSR count). The van der Waals surface area contributed by atoms with Crippen molar-refractivity contribution in [3.63, 3.8) is 0 Å². The first kappa shape index (κ1) is 22.2. The van der Waals surface area contributed by atoms with E-state index in [9.17, 15) is 9.18 Å². The molecule has 1 aromatic heterocycles. The topological polar surface area (TPSA) is 46.1 Å². The lowest BCUT2D eigenvalue weighted by Crippen LogP contribution is -2.27.